The normalized spacial score (nSPS) is 22.8. The third-order valence-corrected chi connectivity index (χ3v) is 4.07. The van der Waals surface area contributed by atoms with E-state index >= 15 is 0 Å². The molecule has 1 heterocycles. The Balaban J connectivity index is 2.47. The predicted octanol–water partition coefficient (Wildman–Crippen LogP) is 0.217. The summed E-state index contributed by atoms with van der Waals surface area (Å²) in [5.41, 5.74) is 0. The Kier molecular flexibility index (Phi) is 3.47. The quantitative estimate of drug-likeness (QED) is 0.614. The third-order valence-electron chi connectivity index (χ3n) is 2.09. The van der Waals surface area contributed by atoms with Crippen LogP contribution in [0.25, 0.3) is 0 Å². The minimum Gasteiger partial charge on any atom is -0.381 e. The first-order valence-corrected chi connectivity index (χ1v) is 6.76. The van der Waals surface area contributed by atoms with Gasteiger partial charge in [0, 0.05) is 28.6 Å². The highest BCUT2D eigenvalue weighted by Gasteiger charge is 2.24. The van der Waals surface area contributed by atoms with Crippen LogP contribution in [0.2, 0.25) is 0 Å². The number of rotatable bonds is 2. The van der Waals surface area contributed by atoms with Gasteiger partial charge in [0.05, 0.1) is 6.10 Å². The molecule has 0 N–H and O–H groups in total. The lowest BCUT2D eigenvalue weighted by Crippen LogP contribution is -2.38. The highest BCUT2D eigenvalue weighted by atomic mass is 32.7. The Labute approximate surface area is 75.3 Å². The molecule has 0 aromatic carbocycles. The van der Waals surface area contributed by atoms with Crippen molar-refractivity contribution in [3.8, 4) is 0 Å². The van der Waals surface area contributed by atoms with Crippen LogP contribution in [0.1, 0.15) is 12.8 Å². The summed E-state index contributed by atoms with van der Waals surface area (Å²) < 4.78 is 28.6. The molecule has 0 aromatic heterocycles. The molecule has 0 amide bonds. The average Bonchev–Trinajstić information content (AvgIpc) is 2.03. The molecule has 0 bridgehead atoms. The van der Waals surface area contributed by atoms with Crippen molar-refractivity contribution in [3.63, 3.8) is 0 Å². The molecule has 1 unspecified atom stereocenters. The molecule has 0 spiro atoms. The third kappa shape index (κ3) is 2.66. The molecule has 0 aromatic rings. The number of piperidine rings is 1. The van der Waals surface area contributed by atoms with E-state index in [-0.39, 0.29) is 6.10 Å². The van der Waals surface area contributed by atoms with Crippen LogP contribution in [0.5, 0.6) is 0 Å². The standard InChI is InChI=1S/C6H14NO3PS/c1-10-6-2-4-7(5-3-6)12(8,9)11/h6H,2-5,11H2,1H3. The van der Waals surface area contributed by atoms with E-state index in [9.17, 15) is 8.42 Å². The van der Waals surface area contributed by atoms with E-state index in [1.54, 1.807) is 7.11 Å². The summed E-state index contributed by atoms with van der Waals surface area (Å²) >= 11 is 0. The van der Waals surface area contributed by atoms with Crippen molar-refractivity contribution in [2.75, 3.05) is 20.2 Å². The van der Waals surface area contributed by atoms with Crippen molar-refractivity contribution in [2.24, 2.45) is 0 Å². The van der Waals surface area contributed by atoms with Gasteiger partial charge in [0.2, 0.25) is 9.64 Å². The monoisotopic (exact) mass is 211 g/mol. The van der Waals surface area contributed by atoms with Crippen molar-refractivity contribution < 1.29 is 13.2 Å². The van der Waals surface area contributed by atoms with Crippen LogP contribution in [-0.4, -0.2) is 39.0 Å². The van der Waals surface area contributed by atoms with Crippen LogP contribution in [0.15, 0.2) is 0 Å². The van der Waals surface area contributed by atoms with E-state index in [0.29, 0.717) is 13.1 Å². The van der Waals surface area contributed by atoms with Gasteiger partial charge in [-0.1, -0.05) is 0 Å². The van der Waals surface area contributed by atoms with Crippen molar-refractivity contribution in [3.05, 3.63) is 0 Å². The fourth-order valence-corrected chi connectivity index (χ4v) is 2.67. The molecule has 4 nitrogen and oxygen atoms in total. The molecular weight excluding hydrogens is 197 g/mol. The molecule has 1 aliphatic heterocycles. The number of nitrogens with zero attached hydrogens (tertiary/aromatic N) is 1. The van der Waals surface area contributed by atoms with E-state index in [1.807, 2.05) is 8.44 Å². The zero-order valence-electron chi connectivity index (χ0n) is 7.06. The maximum absolute atomic E-state index is 11.0. The Morgan fingerprint density at radius 3 is 2.25 bits per heavy atom. The van der Waals surface area contributed by atoms with E-state index in [1.165, 1.54) is 4.31 Å². The van der Waals surface area contributed by atoms with Crippen LogP contribution >= 0.6 is 8.44 Å². The first kappa shape index (κ1) is 10.4. The van der Waals surface area contributed by atoms with Gasteiger partial charge in [-0.25, -0.2) is 8.42 Å². The Morgan fingerprint density at radius 2 is 1.92 bits per heavy atom. The molecule has 1 rings (SSSR count). The average molecular weight is 211 g/mol. The minimum absolute atomic E-state index is 0.230. The maximum atomic E-state index is 11.0. The lowest BCUT2D eigenvalue weighted by atomic mass is 10.1. The van der Waals surface area contributed by atoms with Crippen molar-refractivity contribution in [2.45, 2.75) is 18.9 Å². The van der Waals surface area contributed by atoms with E-state index in [0.717, 1.165) is 12.8 Å². The molecule has 1 aliphatic rings. The van der Waals surface area contributed by atoms with Gasteiger partial charge in [-0.15, -0.1) is 0 Å². The van der Waals surface area contributed by atoms with E-state index < -0.39 is 9.64 Å². The summed E-state index contributed by atoms with van der Waals surface area (Å²) in [4.78, 5) is 0. The molecular formula is C6H14NO3PS. The molecule has 12 heavy (non-hydrogen) atoms. The first-order valence-electron chi connectivity index (χ1n) is 3.84. The van der Waals surface area contributed by atoms with Crippen LogP contribution in [0, 0.1) is 0 Å². The zero-order chi connectivity index (χ0) is 9.19. The lowest BCUT2D eigenvalue weighted by molar-refractivity contribution is 0.0609. The number of methoxy groups -OCH3 is 1. The van der Waals surface area contributed by atoms with Gasteiger partial charge in [0.1, 0.15) is 0 Å². The van der Waals surface area contributed by atoms with E-state index in [4.69, 9.17) is 4.74 Å². The smallest absolute Gasteiger partial charge is 0.224 e. The minimum atomic E-state index is -3.06. The lowest BCUT2D eigenvalue weighted by Gasteiger charge is -2.28. The largest absolute Gasteiger partial charge is 0.381 e. The zero-order valence-corrected chi connectivity index (χ0v) is 9.03. The van der Waals surface area contributed by atoms with Gasteiger partial charge >= 0.3 is 0 Å². The van der Waals surface area contributed by atoms with Gasteiger partial charge in [0.25, 0.3) is 0 Å². The van der Waals surface area contributed by atoms with Gasteiger partial charge in [0.15, 0.2) is 0 Å². The van der Waals surface area contributed by atoms with Gasteiger partial charge in [-0.3, -0.25) is 0 Å². The highest BCUT2D eigenvalue weighted by molar-refractivity contribution is 8.36. The van der Waals surface area contributed by atoms with Crippen LogP contribution in [-0.2, 0) is 14.4 Å². The highest BCUT2D eigenvalue weighted by Crippen LogP contribution is 2.18. The van der Waals surface area contributed by atoms with Crippen molar-refractivity contribution in [1.82, 2.24) is 4.31 Å². The summed E-state index contributed by atoms with van der Waals surface area (Å²) in [6.07, 6.45) is 1.82. The summed E-state index contributed by atoms with van der Waals surface area (Å²) in [5, 5.41) is 0. The predicted molar refractivity (Wildman–Crippen MR) is 50.2 cm³/mol. The van der Waals surface area contributed by atoms with Crippen LogP contribution in [0.3, 0.4) is 0 Å². The molecule has 72 valence electrons. The maximum Gasteiger partial charge on any atom is 0.224 e. The van der Waals surface area contributed by atoms with Gasteiger partial charge < -0.3 is 4.74 Å². The second-order valence-electron chi connectivity index (χ2n) is 2.88. The molecule has 0 saturated carbocycles. The van der Waals surface area contributed by atoms with E-state index in [2.05, 4.69) is 0 Å². The first-order chi connectivity index (χ1) is 5.54. The SMILES string of the molecule is COC1CCN(S(=O)(=O)P)CC1. The van der Waals surface area contributed by atoms with Gasteiger partial charge in [-0.05, 0) is 12.8 Å². The van der Waals surface area contributed by atoms with Crippen molar-refractivity contribution >= 4 is 18.1 Å². The number of ether oxygens (including phenoxy) is 1. The summed E-state index contributed by atoms with van der Waals surface area (Å²) in [6, 6.07) is 0. The van der Waals surface area contributed by atoms with Crippen LogP contribution < -0.4 is 0 Å². The number of hydrogen-bond donors (Lipinski definition) is 0. The Morgan fingerprint density at radius 1 is 1.42 bits per heavy atom. The molecule has 1 atom stereocenters. The molecule has 0 aliphatic carbocycles. The Hall–Kier alpha value is 0.300. The summed E-state index contributed by atoms with van der Waals surface area (Å²) in [5.74, 6) is 0. The summed E-state index contributed by atoms with van der Waals surface area (Å²) in [6.45, 7) is 1.15. The second-order valence-corrected chi connectivity index (χ2v) is 6.21. The molecule has 1 saturated heterocycles. The second kappa shape index (κ2) is 4.01. The summed E-state index contributed by atoms with van der Waals surface area (Å²) in [7, 11) is 0.467. The fourth-order valence-electron chi connectivity index (χ4n) is 1.32. The molecule has 0 radical (unpaired) electrons. The molecule has 6 heteroatoms. The topological polar surface area (TPSA) is 46.6 Å². The van der Waals surface area contributed by atoms with Crippen LogP contribution in [0.4, 0.5) is 0 Å². The fraction of sp³-hybridized carbons (Fsp3) is 1.00. The van der Waals surface area contributed by atoms with Gasteiger partial charge in [-0.2, -0.15) is 4.31 Å². The Bertz CT molecular complexity index is 233. The van der Waals surface area contributed by atoms with Crippen molar-refractivity contribution in [1.29, 1.82) is 0 Å². The number of hydrogen-bond acceptors (Lipinski definition) is 3. The molecule has 1 fully saturated rings.